The molecule has 1 aromatic heterocycles. The molecule has 0 aliphatic carbocycles. The molecule has 98 valence electrons. The number of nitrogens with one attached hydrogen (secondary N) is 2. The zero-order valence-electron chi connectivity index (χ0n) is 11.1. The maximum atomic E-state index is 11.9. The Morgan fingerprint density at radius 3 is 2.53 bits per heavy atom. The van der Waals surface area contributed by atoms with Gasteiger partial charge in [-0.15, -0.1) is 0 Å². The third-order valence-corrected chi connectivity index (χ3v) is 3.03. The smallest absolute Gasteiger partial charge is 0.257 e. The van der Waals surface area contributed by atoms with E-state index < -0.39 is 0 Å². The number of pyridine rings is 1. The highest BCUT2D eigenvalue weighted by Crippen LogP contribution is 2.16. The van der Waals surface area contributed by atoms with Gasteiger partial charge in [0.2, 0.25) is 0 Å². The minimum absolute atomic E-state index is 0.150. The molecule has 0 saturated carbocycles. The lowest BCUT2D eigenvalue weighted by Crippen LogP contribution is -2.13. The standard InChI is InChI=1S/C15H17N3O/c1-11(16-2)12-5-7-14(8-6-12)18-15(19)13-4-3-9-17-10-13/h3-11,16H,1-2H3,(H,18,19). The van der Waals surface area contributed by atoms with Crippen molar-refractivity contribution in [3.05, 3.63) is 59.9 Å². The van der Waals surface area contributed by atoms with Crippen molar-refractivity contribution in [2.75, 3.05) is 12.4 Å². The molecule has 0 saturated heterocycles. The summed E-state index contributed by atoms with van der Waals surface area (Å²) in [6, 6.07) is 11.6. The number of rotatable bonds is 4. The Bertz CT molecular complexity index is 537. The van der Waals surface area contributed by atoms with Crippen molar-refractivity contribution in [1.29, 1.82) is 0 Å². The largest absolute Gasteiger partial charge is 0.322 e. The van der Waals surface area contributed by atoms with Crippen molar-refractivity contribution >= 4 is 11.6 Å². The molecule has 1 aromatic carbocycles. The lowest BCUT2D eigenvalue weighted by molar-refractivity contribution is 0.102. The van der Waals surface area contributed by atoms with Gasteiger partial charge in [-0.25, -0.2) is 0 Å². The number of nitrogens with zero attached hydrogens (tertiary/aromatic N) is 1. The molecule has 1 atom stereocenters. The van der Waals surface area contributed by atoms with Crippen LogP contribution in [-0.4, -0.2) is 17.9 Å². The van der Waals surface area contributed by atoms with Crippen molar-refractivity contribution in [3.8, 4) is 0 Å². The number of aromatic nitrogens is 1. The third kappa shape index (κ3) is 3.39. The van der Waals surface area contributed by atoms with E-state index in [1.165, 1.54) is 5.56 Å². The van der Waals surface area contributed by atoms with Crippen LogP contribution in [0.1, 0.15) is 28.9 Å². The van der Waals surface area contributed by atoms with Gasteiger partial charge in [0.25, 0.3) is 5.91 Å². The van der Waals surface area contributed by atoms with E-state index in [1.807, 2.05) is 31.3 Å². The summed E-state index contributed by atoms with van der Waals surface area (Å²) >= 11 is 0. The summed E-state index contributed by atoms with van der Waals surface area (Å²) in [6.45, 7) is 2.09. The molecule has 2 aromatic rings. The van der Waals surface area contributed by atoms with E-state index in [4.69, 9.17) is 0 Å². The molecule has 4 nitrogen and oxygen atoms in total. The van der Waals surface area contributed by atoms with Crippen LogP contribution in [0.2, 0.25) is 0 Å². The van der Waals surface area contributed by atoms with Crippen LogP contribution in [0, 0.1) is 0 Å². The Morgan fingerprint density at radius 1 is 1.21 bits per heavy atom. The molecule has 0 bridgehead atoms. The van der Waals surface area contributed by atoms with Gasteiger partial charge in [0, 0.05) is 24.1 Å². The lowest BCUT2D eigenvalue weighted by Gasteiger charge is -2.11. The fourth-order valence-corrected chi connectivity index (χ4v) is 1.72. The van der Waals surface area contributed by atoms with Gasteiger partial charge in [0.1, 0.15) is 0 Å². The average Bonchev–Trinajstić information content (AvgIpc) is 2.48. The van der Waals surface area contributed by atoms with Crippen LogP contribution in [-0.2, 0) is 0 Å². The van der Waals surface area contributed by atoms with Crippen molar-refractivity contribution in [3.63, 3.8) is 0 Å². The van der Waals surface area contributed by atoms with Crippen molar-refractivity contribution in [1.82, 2.24) is 10.3 Å². The quantitative estimate of drug-likeness (QED) is 0.883. The van der Waals surface area contributed by atoms with Gasteiger partial charge in [-0.1, -0.05) is 12.1 Å². The third-order valence-electron chi connectivity index (χ3n) is 3.03. The molecule has 4 heteroatoms. The molecule has 0 spiro atoms. The molecule has 2 N–H and O–H groups in total. The highest BCUT2D eigenvalue weighted by Gasteiger charge is 2.06. The van der Waals surface area contributed by atoms with Crippen molar-refractivity contribution < 1.29 is 4.79 Å². The van der Waals surface area contributed by atoms with E-state index in [1.54, 1.807) is 24.5 Å². The van der Waals surface area contributed by atoms with Crippen LogP contribution in [0.5, 0.6) is 0 Å². The predicted octanol–water partition coefficient (Wildman–Crippen LogP) is 2.61. The Kier molecular flexibility index (Phi) is 4.26. The highest BCUT2D eigenvalue weighted by molar-refractivity contribution is 6.03. The first-order valence-corrected chi connectivity index (χ1v) is 6.19. The summed E-state index contributed by atoms with van der Waals surface area (Å²) < 4.78 is 0. The second kappa shape index (κ2) is 6.11. The number of anilines is 1. The maximum Gasteiger partial charge on any atom is 0.257 e. The van der Waals surface area contributed by atoms with Gasteiger partial charge in [-0.3, -0.25) is 9.78 Å². The average molecular weight is 255 g/mol. The highest BCUT2D eigenvalue weighted by atomic mass is 16.1. The zero-order valence-corrected chi connectivity index (χ0v) is 11.1. The summed E-state index contributed by atoms with van der Waals surface area (Å²) in [5.74, 6) is -0.150. The SMILES string of the molecule is CNC(C)c1ccc(NC(=O)c2cccnc2)cc1. The van der Waals surface area contributed by atoms with Crippen LogP contribution < -0.4 is 10.6 Å². The number of hydrogen-bond donors (Lipinski definition) is 2. The van der Waals surface area contributed by atoms with Crippen LogP contribution in [0.4, 0.5) is 5.69 Å². The number of amides is 1. The van der Waals surface area contributed by atoms with Crippen molar-refractivity contribution in [2.45, 2.75) is 13.0 Å². The van der Waals surface area contributed by atoms with Gasteiger partial charge in [0.05, 0.1) is 5.56 Å². The summed E-state index contributed by atoms with van der Waals surface area (Å²) in [7, 11) is 1.92. The Hall–Kier alpha value is -2.20. The molecule has 0 radical (unpaired) electrons. The summed E-state index contributed by atoms with van der Waals surface area (Å²) in [4.78, 5) is 15.9. The minimum Gasteiger partial charge on any atom is -0.322 e. The van der Waals surface area contributed by atoms with Crippen molar-refractivity contribution in [2.24, 2.45) is 0 Å². The second-order valence-corrected chi connectivity index (χ2v) is 4.33. The fraction of sp³-hybridized carbons (Fsp3) is 0.200. The number of benzene rings is 1. The number of carbonyl (C=O) groups is 1. The van der Waals surface area contributed by atoms with Crippen LogP contribution in [0.3, 0.4) is 0 Å². The van der Waals surface area contributed by atoms with Crippen LogP contribution >= 0.6 is 0 Å². The van der Waals surface area contributed by atoms with Gasteiger partial charge >= 0.3 is 0 Å². The van der Waals surface area contributed by atoms with Crippen LogP contribution in [0.25, 0.3) is 0 Å². The normalized spacial score (nSPS) is 11.9. The van der Waals surface area contributed by atoms with E-state index >= 15 is 0 Å². The number of hydrogen-bond acceptors (Lipinski definition) is 3. The Morgan fingerprint density at radius 2 is 1.95 bits per heavy atom. The monoisotopic (exact) mass is 255 g/mol. The first kappa shape index (κ1) is 13.2. The van der Waals surface area contributed by atoms with E-state index in [-0.39, 0.29) is 5.91 Å². The van der Waals surface area contributed by atoms with E-state index in [2.05, 4.69) is 22.5 Å². The molecular formula is C15H17N3O. The first-order valence-electron chi connectivity index (χ1n) is 6.19. The molecular weight excluding hydrogens is 238 g/mol. The zero-order chi connectivity index (χ0) is 13.7. The fourth-order valence-electron chi connectivity index (χ4n) is 1.72. The van der Waals surface area contributed by atoms with E-state index in [0.717, 1.165) is 5.69 Å². The minimum atomic E-state index is -0.150. The molecule has 0 fully saturated rings. The van der Waals surface area contributed by atoms with Gasteiger partial charge < -0.3 is 10.6 Å². The molecule has 0 aliphatic heterocycles. The second-order valence-electron chi connectivity index (χ2n) is 4.33. The lowest BCUT2D eigenvalue weighted by atomic mass is 10.1. The topological polar surface area (TPSA) is 54.0 Å². The maximum absolute atomic E-state index is 11.9. The summed E-state index contributed by atoms with van der Waals surface area (Å²) in [6.07, 6.45) is 3.19. The molecule has 1 heterocycles. The molecule has 0 aliphatic rings. The molecule has 1 unspecified atom stereocenters. The number of carbonyl (C=O) groups excluding carboxylic acids is 1. The van der Waals surface area contributed by atoms with E-state index in [0.29, 0.717) is 11.6 Å². The van der Waals surface area contributed by atoms with Crippen LogP contribution in [0.15, 0.2) is 48.8 Å². The van der Waals surface area contributed by atoms with Gasteiger partial charge in [0.15, 0.2) is 0 Å². The first-order chi connectivity index (χ1) is 9.20. The predicted molar refractivity (Wildman–Crippen MR) is 76.1 cm³/mol. The Balaban J connectivity index is 2.06. The Labute approximate surface area is 112 Å². The summed E-state index contributed by atoms with van der Waals surface area (Å²) in [5.41, 5.74) is 2.51. The van der Waals surface area contributed by atoms with Gasteiger partial charge in [-0.05, 0) is 43.8 Å². The van der Waals surface area contributed by atoms with Gasteiger partial charge in [-0.2, -0.15) is 0 Å². The van der Waals surface area contributed by atoms with E-state index in [9.17, 15) is 4.79 Å². The molecule has 2 rings (SSSR count). The summed E-state index contributed by atoms with van der Waals surface area (Å²) in [5, 5.41) is 6.01. The molecule has 1 amide bonds. The molecule has 19 heavy (non-hydrogen) atoms.